The topological polar surface area (TPSA) is 66.9 Å². The van der Waals surface area contributed by atoms with Crippen LogP contribution in [0.3, 0.4) is 0 Å². The first kappa shape index (κ1) is 27.6. The van der Waals surface area contributed by atoms with Crippen molar-refractivity contribution in [2.24, 2.45) is 0 Å². The molecule has 0 N–H and O–H groups in total. The van der Waals surface area contributed by atoms with E-state index in [9.17, 15) is 13.2 Å². The van der Waals surface area contributed by atoms with Gasteiger partial charge in [-0.25, -0.2) is 8.42 Å². The number of hydrogen-bond donors (Lipinski definition) is 0. The Bertz CT molecular complexity index is 1350. The number of benzene rings is 2. The number of carbonyl (C=O) groups excluding carboxylic acids is 1. The first-order valence-electron chi connectivity index (χ1n) is 12.4. The van der Waals surface area contributed by atoms with Gasteiger partial charge in [0.1, 0.15) is 12.4 Å². The second-order valence-electron chi connectivity index (χ2n) is 9.49. The smallest absolute Gasteiger partial charge is 0.243 e. The summed E-state index contributed by atoms with van der Waals surface area (Å²) < 4.78 is 34.7. The lowest BCUT2D eigenvalue weighted by atomic mass is 10.0. The van der Waals surface area contributed by atoms with Gasteiger partial charge in [-0.05, 0) is 86.5 Å². The molecule has 0 aliphatic carbocycles. The number of sulfonamides is 1. The number of halogens is 1. The monoisotopic (exact) mass is 560 g/mol. The number of amides is 1. The van der Waals surface area contributed by atoms with Gasteiger partial charge in [0, 0.05) is 22.5 Å². The van der Waals surface area contributed by atoms with Crippen LogP contribution in [0.5, 0.6) is 5.75 Å². The lowest BCUT2D eigenvalue weighted by Gasteiger charge is -2.37. The molecule has 0 saturated carbocycles. The van der Waals surface area contributed by atoms with Crippen molar-refractivity contribution in [2.45, 2.75) is 57.5 Å². The zero-order valence-electron chi connectivity index (χ0n) is 21.6. The van der Waals surface area contributed by atoms with Crippen LogP contribution >= 0.6 is 22.9 Å². The molecule has 1 aliphatic rings. The van der Waals surface area contributed by atoms with E-state index < -0.39 is 10.0 Å². The summed E-state index contributed by atoms with van der Waals surface area (Å²) in [5.41, 5.74) is 2.95. The average Bonchev–Trinajstić information content (AvgIpc) is 3.36. The van der Waals surface area contributed by atoms with Gasteiger partial charge < -0.3 is 9.64 Å². The minimum absolute atomic E-state index is 0.197. The van der Waals surface area contributed by atoms with E-state index in [-0.39, 0.29) is 36.0 Å². The zero-order valence-corrected chi connectivity index (χ0v) is 24.0. The molecule has 37 heavy (non-hydrogen) atoms. The molecule has 6 nitrogen and oxygen atoms in total. The molecule has 1 amide bonds. The Kier molecular flexibility index (Phi) is 8.63. The molecule has 3 aromatic rings. The quantitative estimate of drug-likeness (QED) is 0.321. The van der Waals surface area contributed by atoms with E-state index in [4.69, 9.17) is 16.3 Å². The molecule has 0 fully saturated rings. The second-order valence-corrected chi connectivity index (χ2v) is 12.8. The minimum atomic E-state index is -3.85. The minimum Gasteiger partial charge on any atom is -0.491 e. The van der Waals surface area contributed by atoms with Crippen molar-refractivity contribution in [3.8, 4) is 5.75 Å². The standard InChI is InChI=1S/C28H33ClN2O4S2/c1-5-21(4)31(37(33,34)23-9-6-19(2)7-10-23)17-28(32)30-14-12-27-24(13-15-36-27)26(30)18-35-22-8-11-25(29)20(3)16-22/h6-11,13,15-16,21,26H,5,12,14,17-18H2,1-4H3. The van der Waals surface area contributed by atoms with E-state index in [1.807, 2.05) is 51.3 Å². The molecule has 198 valence electrons. The largest absolute Gasteiger partial charge is 0.491 e. The van der Waals surface area contributed by atoms with Crippen molar-refractivity contribution in [1.29, 1.82) is 0 Å². The van der Waals surface area contributed by atoms with Crippen molar-refractivity contribution in [3.63, 3.8) is 0 Å². The first-order chi connectivity index (χ1) is 17.6. The summed E-state index contributed by atoms with van der Waals surface area (Å²) >= 11 is 7.84. The Morgan fingerprint density at radius 1 is 1.19 bits per heavy atom. The molecule has 1 aromatic heterocycles. The van der Waals surface area contributed by atoms with E-state index in [2.05, 4.69) is 0 Å². The predicted octanol–water partition coefficient (Wildman–Crippen LogP) is 6.01. The molecule has 0 radical (unpaired) electrons. The summed E-state index contributed by atoms with van der Waals surface area (Å²) in [4.78, 5) is 17.0. The third kappa shape index (κ3) is 6.03. The molecule has 2 unspecified atom stereocenters. The van der Waals surface area contributed by atoms with E-state index in [0.717, 1.165) is 23.1 Å². The third-order valence-corrected chi connectivity index (χ3v) is 10.3. The fourth-order valence-electron chi connectivity index (χ4n) is 4.51. The highest BCUT2D eigenvalue weighted by molar-refractivity contribution is 7.89. The molecule has 0 bridgehead atoms. The van der Waals surface area contributed by atoms with Crippen molar-refractivity contribution >= 4 is 38.9 Å². The second kappa shape index (κ2) is 11.6. The van der Waals surface area contributed by atoms with Crippen LogP contribution in [-0.2, 0) is 21.2 Å². The van der Waals surface area contributed by atoms with Gasteiger partial charge in [0.15, 0.2) is 0 Å². The number of carbonyl (C=O) groups is 1. The van der Waals surface area contributed by atoms with Gasteiger partial charge in [0.25, 0.3) is 0 Å². The van der Waals surface area contributed by atoms with Crippen molar-refractivity contribution in [3.05, 3.63) is 80.5 Å². The molecule has 0 saturated heterocycles. The van der Waals surface area contributed by atoms with Gasteiger partial charge in [-0.1, -0.05) is 36.2 Å². The maximum absolute atomic E-state index is 13.8. The summed E-state index contributed by atoms with van der Waals surface area (Å²) in [6.45, 7) is 8.16. The van der Waals surface area contributed by atoms with Crippen LogP contribution in [-0.4, -0.2) is 49.3 Å². The van der Waals surface area contributed by atoms with Crippen LogP contribution in [0.1, 0.15) is 47.9 Å². The van der Waals surface area contributed by atoms with Crippen LogP contribution < -0.4 is 4.74 Å². The number of rotatable bonds is 9. The number of aryl methyl sites for hydroxylation is 2. The van der Waals surface area contributed by atoms with Crippen LogP contribution in [0, 0.1) is 13.8 Å². The highest BCUT2D eigenvalue weighted by Crippen LogP contribution is 2.35. The van der Waals surface area contributed by atoms with Crippen LogP contribution in [0.4, 0.5) is 0 Å². The van der Waals surface area contributed by atoms with Gasteiger partial charge >= 0.3 is 0 Å². The average molecular weight is 561 g/mol. The lowest BCUT2D eigenvalue weighted by molar-refractivity contribution is -0.135. The molecule has 4 rings (SSSR count). The fourth-order valence-corrected chi connectivity index (χ4v) is 7.21. The van der Waals surface area contributed by atoms with Crippen LogP contribution in [0.15, 0.2) is 58.8 Å². The van der Waals surface area contributed by atoms with Crippen LogP contribution in [0.2, 0.25) is 5.02 Å². The van der Waals surface area contributed by atoms with Crippen molar-refractivity contribution < 1.29 is 17.9 Å². The molecular weight excluding hydrogens is 528 g/mol. The maximum Gasteiger partial charge on any atom is 0.243 e. The van der Waals surface area contributed by atoms with Gasteiger partial charge in [0.2, 0.25) is 15.9 Å². The zero-order chi connectivity index (χ0) is 26.7. The van der Waals surface area contributed by atoms with Crippen LogP contribution in [0.25, 0.3) is 0 Å². The summed E-state index contributed by atoms with van der Waals surface area (Å²) in [6, 6.07) is 13.7. The Hall–Kier alpha value is -2.39. The predicted molar refractivity (Wildman–Crippen MR) is 149 cm³/mol. The molecule has 9 heteroatoms. The van der Waals surface area contributed by atoms with Gasteiger partial charge in [-0.2, -0.15) is 4.31 Å². The van der Waals surface area contributed by atoms with E-state index in [0.29, 0.717) is 23.7 Å². The Labute approximate surface area is 228 Å². The van der Waals surface area contributed by atoms with E-state index in [1.165, 1.54) is 9.18 Å². The number of ether oxygens (including phenoxy) is 1. The first-order valence-corrected chi connectivity index (χ1v) is 15.1. The highest BCUT2D eigenvalue weighted by atomic mass is 35.5. The number of thiophene rings is 1. The third-order valence-electron chi connectivity index (χ3n) is 6.95. The normalized spacial score (nSPS) is 16.5. The molecule has 1 aliphatic heterocycles. The Morgan fingerprint density at radius 3 is 2.59 bits per heavy atom. The molecule has 2 aromatic carbocycles. The van der Waals surface area contributed by atoms with Crippen molar-refractivity contribution in [1.82, 2.24) is 9.21 Å². The highest BCUT2D eigenvalue weighted by Gasteiger charge is 2.36. The summed E-state index contributed by atoms with van der Waals surface area (Å²) in [7, 11) is -3.85. The fraction of sp³-hybridized carbons (Fsp3) is 0.393. The molecular formula is C28H33ClN2O4S2. The number of nitrogens with zero attached hydrogens (tertiary/aromatic N) is 2. The summed E-state index contributed by atoms with van der Waals surface area (Å²) in [5.74, 6) is 0.452. The number of fused-ring (bicyclic) bond motifs is 1. The summed E-state index contributed by atoms with van der Waals surface area (Å²) in [6.07, 6.45) is 1.33. The SMILES string of the molecule is CCC(C)N(CC(=O)N1CCc2sccc2C1COc1ccc(Cl)c(C)c1)S(=O)(=O)c1ccc(C)cc1. The Morgan fingerprint density at radius 2 is 1.92 bits per heavy atom. The number of hydrogen-bond acceptors (Lipinski definition) is 5. The van der Waals surface area contributed by atoms with Gasteiger partial charge in [-0.15, -0.1) is 11.3 Å². The van der Waals surface area contributed by atoms with Crippen molar-refractivity contribution in [2.75, 3.05) is 19.7 Å². The van der Waals surface area contributed by atoms with E-state index in [1.54, 1.807) is 46.6 Å². The van der Waals surface area contributed by atoms with Gasteiger partial charge in [-0.3, -0.25) is 4.79 Å². The van der Waals surface area contributed by atoms with E-state index >= 15 is 0 Å². The summed E-state index contributed by atoms with van der Waals surface area (Å²) in [5, 5.41) is 2.70. The molecule has 2 atom stereocenters. The Balaban J connectivity index is 1.59. The molecule has 0 spiro atoms. The lowest BCUT2D eigenvalue weighted by Crippen LogP contribution is -2.49. The molecule has 2 heterocycles. The van der Waals surface area contributed by atoms with Gasteiger partial charge in [0.05, 0.1) is 17.5 Å². The maximum atomic E-state index is 13.8.